The molecule has 0 aromatic rings. The Labute approximate surface area is 246 Å². The fourth-order valence-electron chi connectivity index (χ4n) is 4.98. The lowest BCUT2D eigenvalue weighted by molar-refractivity contribution is -0.130. The quantitative estimate of drug-likeness (QED) is 0.0404. The maximum atomic E-state index is 12.5. The monoisotopic (exact) mass is 589 g/mol. The minimum Gasteiger partial charge on any atom is -0.387 e. The maximum Gasteiger partial charge on any atom is 0.267 e. The molecule has 8 heteroatoms. The van der Waals surface area contributed by atoms with Crippen molar-refractivity contribution in [1.29, 1.82) is 0 Å². The number of aliphatic hydroxyl groups excluding tert-OH is 2. The molecule has 0 bridgehead atoms. The van der Waals surface area contributed by atoms with Crippen LogP contribution in [0.3, 0.4) is 0 Å². The van der Waals surface area contributed by atoms with Gasteiger partial charge in [0.05, 0.1) is 17.9 Å². The first-order valence-electron chi connectivity index (χ1n) is 16.5. The van der Waals surface area contributed by atoms with Crippen LogP contribution in [0.5, 0.6) is 0 Å². The van der Waals surface area contributed by atoms with Gasteiger partial charge in [-0.3, -0.25) is 9.35 Å². The number of nitrogens with one attached hydrogen (secondary N) is 1. The van der Waals surface area contributed by atoms with E-state index in [1.165, 1.54) is 102 Å². The Morgan fingerprint density at radius 2 is 1.07 bits per heavy atom. The van der Waals surface area contributed by atoms with Crippen LogP contribution in [0.25, 0.3) is 0 Å². The van der Waals surface area contributed by atoms with Crippen molar-refractivity contribution in [3.05, 3.63) is 12.2 Å². The number of aliphatic hydroxyl groups is 2. The van der Waals surface area contributed by atoms with Gasteiger partial charge in [-0.1, -0.05) is 154 Å². The fourth-order valence-corrected chi connectivity index (χ4v) is 5.72. The third-order valence-corrected chi connectivity index (χ3v) is 8.35. The van der Waals surface area contributed by atoms with E-state index in [9.17, 15) is 28.0 Å². The molecule has 4 N–H and O–H groups in total. The predicted molar refractivity (Wildman–Crippen MR) is 167 cm³/mol. The van der Waals surface area contributed by atoms with Gasteiger partial charge in [-0.2, -0.15) is 8.42 Å². The van der Waals surface area contributed by atoms with Crippen LogP contribution < -0.4 is 5.32 Å². The van der Waals surface area contributed by atoms with Gasteiger partial charge in [0.25, 0.3) is 10.1 Å². The molecule has 0 aliphatic carbocycles. The topological polar surface area (TPSA) is 124 Å². The molecule has 7 nitrogen and oxygen atoms in total. The molecule has 0 heterocycles. The third kappa shape index (κ3) is 26.0. The summed E-state index contributed by atoms with van der Waals surface area (Å²) >= 11 is 0. The van der Waals surface area contributed by atoms with E-state index >= 15 is 0 Å². The van der Waals surface area contributed by atoms with Crippen LogP contribution in [-0.2, 0) is 14.9 Å². The summed E-state index contributed by atoms with van der Waals surface area (Å²) < 4.78 is 32.2. The van der Waals surface area contributed by atoms with E-state index < -0.39 is 40.0 Å². The van der Waals surface area contributed by atoms with Crippen LogP contribution in [0.4, 0.5) is 0 Å². The smallest absolute Gasteiger partial charge is 0.267 e. The minimum atomic E-state index is -4.42. The lowest BCUT2D eigenvalue weighted by Gasteiger charge is -2.22. The van der Waals surface area contributed by atoms with Gasteiger partial charge in [0.2, 0.25) is 5.91 Å². The molecule has 238 valence electrons. The number of hydrogen-bond acceptors (Lipinski definition) is 5. The average Bonchev–Trinajstić information content (AvgIpc) is 2.90. The molecule has 3 unspecified atom stereocenters. The summed E-state index contributed by atoms with van der Waals surface area (Å²) in [6, 6.07) is -1.22. The molecule has 3 atom stereocenters. The zero-order valence-electron chi connectivity index (χ0n) is 25.8. The fraction of sp³-hybridized carbons (Fsp3) is 0.906. The Morgan fingerprint density at radius 3 is 1.50 bits per heavy atom. The summed E-state index contributed by atoms with van der Waals surface area (Å²) in [4.78, 5) is 12.5. The van der Waals surface area contributed by atoms with Crippen molar-refractivity contribution >= 4 is 16.0 Å². The van der Waals surface area contributed by atoms with E-state index in [2.05, 4.69) is 19.2 Å². The molecular formula is C32H63NO6S. The minimum absolute atomic E-state index is 0.284. The van der Waals surface area contributed by atoms with Gasteiger partial charge in [-0.15, -0.1) is 0 Å². The van der Waals surface area contributed by atoms with E-state index in [0.717, 1.165) is 38.5 Å². The summed E-state index contributed by atoms with van der Waals surface area (Å²) in [5.74, 6) is -1.53. The van der Waals surface area contributed by atoms with Gasteiger partial charge in [-0.25, -0.2) is 0 Å². The predicted octanol–water partition coefficient (Wildman–Crippen LogP) is 7.65. The average molecular weight is 590 g/mol. The summed E-state index contributed by atoms with van der Waals surface area (Å²) in [7, 11) is -4.42. The number of unbranched alkanes of at least 4 members (excludes halogenated alkanes) is 20. The standard InChI is InChI=1S/C32H63NO6S/c1-3-5-7-9-11-13-15-16-17-19-21-23-25-27-31(35)32(36)33-29(28-40(37,38)39)30(34)26-24-22-20-18-14-12-10-8-6-4-2/h24,26,29-31,34-35H,3-23,25,27-28H2,1-2H3,(H,33,36)(H,37,38,39)/b26-24+. The SMILES string of the molecule is CCCCCCCCCC/C=C/C(O)C(CS(=O)(=O)O)NC(=O)C(O)CCCCCCCCCCCCCCC. The van der Waals surface area contributed by atoms with E-state index in [-0.39, 0.29) is 6.42 Å². The Morgan fingerprint density at radius 1 is 0.675 bits per heavy atom. The van der Waals surface area contributed by atoms with E-state index in [4.69, 9.17) is 0 Å². The van der Waals surface area contributed by atoms with E-state index in [0.29, 0.717) is 6.42 Å². The van der Waals surface area contributed by atoms with Crippen molar-refractivity contribution in [2.75, 3.05) is 5.75 Å². The molecule has 0 radical (unpaired) electrons. The Balaban J connectivity index is 4.17. The summed E-state index contributed by atoms with van der Waals surface area (Å²) in [6.07, 6.45) is 27.0. The maximum absolute atomic E-state index is 12.5. The first-order chi connectivity index (χ1) is 19.2. The van der Waals surface area contributed by atoms with Gasteiger partial charge >= 0.3 is 0 Å². The highest BCUT2D eigenvalue weighted by Gasteiger charge is 2.27. The van der Waals surface area contributed by atoms with Crippen molar-refractivity contribution in [3.8, 4) is 0 Å². The first-order valence-corrected chi connectivity index (χ1v) is 18.1. The van der Waals surface area contributed by atoms with Crippen LogP contribution in [0, 0.1) is 0 Å². The van der Waals surface area contributed by atoms with Crippen LogP contribution in [-0.4, -0.2) is 53.1 Å². The zero-order valence-corrected chi connectivity index (χ0v) is 26.6. The van der Waals surface area contributed by atoms with Crippen LogP contribution >= 0.6 is 0 Å². The normalized spacial score (nSPS) is 14.4. The van der Waals surface area contributed by atoms with E-state index in [1.54, 1.807) is 6.08 Å². The number of hydrogen-bond donors (Lipinski definition) is 4. The van der Waals surface area contributed by atoms with Gasteiger partial charge in [-0.05, 0) is 19.3 Å². The number of carbonyl (C=O) groups excluding carboxylic acids is 1. The molecule has 0 fully saturated rings. The number of amides is 1. The summed E-state index contributed by atoms with van der Waals surface area (Å²) in [5, 5.41) is 23.2. The van der Waals surface area contributed by atoms with Crippen molar-refractivity contribution < 1.29 is 28.0 Å². The highest BCUT2D eigenvalue weighted by molar-refractivity contribution is 7.85. The molecule has 0 aromatic heterocycles. The number of allylic oxidation sites excluding steroid dienone is 1. The second-order valence-corrected chi connectivity index (χ2v) is 13.1. The second-order valence-electron chi connectivity index (χ2n) is 11.6. The molecule has 0 aliphatic heterocycles. The second kappa shape index (κ2) is 26.9. The Hall–Kier alpha value is -0.960. The molecule has 0 rings (SSSR count). The zero-order chi connectivity index (χ0) is 29.9. The summed E-state index contributed by atoms with van der Waals surface area (Å²) in [5.41, 5.74) is 0. The van der Waals surface area contributed by atoms with Gasteiger partial charge in [0.15, 0.2) is 0 Å². The van der Waals surface area contributed by atoms with Crippen molar-refractivity contribution in [2.24, 2.45) is 0 Å². The molecule has 0 saturated carbocycles. The lowest BCUT2D eigenvalue weighted by Crippen LogP contribution is -2.50. The number of carbonyl (C=O) groups is 1. The first kappa shape index (κ1) is 39.0. The molecule has 40 heavy (non-hydrogen) atoms. The van der Waals surface area contributed by atoms with Gasteiger partial charge in [0.1, 0.15) is 6.10 Å². The van der Waals surface area contributed by atoms with E-state index in [1.807, 2.05) is 0 Å². The van der Waals surface area contributed by atoms with Crippen molar-refractivity contribution in [3.63, 3.8) is 0 Å². The molecule has 0 aromatic carbocycles. The van der Waals surface area contributed by atoms with Gasteiger partial charge in [0, 0.05) is 0 Å². The molecule has 0 spiro atoms. The van der Waals surface area contributed by atoms with Crippen molar-refractivity contribution in [2.45, 2.75) is 180 Å². The van der Waals surface area contributed by atoms with Crippen LogP contribution in [0.15, 0.2) is 12.2 Å². The molecular weight excluding hydrogens is 526 g/mol. The summed E-state index contributed by atoms with van der Waals surface area (Å²) in [6.45, 7) is 4.44. The largest absolute Gasteiger partial charge is 0.387 e. The highest BCUT2D eigenvalue weighted by Crippen LogP contribution is 2.14. The molecule has 0 saturated heterocycles. The van der Waals surface area contributed by atoms with Crippen LogP contribution in [0.2, 0.25) is 0 Å². The molecule has 1 amide bonds. The Kier molecular flexibility index (Phi) is 26.3. The highest BCUT2D eigenvalue weighted by atomic mass is 32.2. The van der Waals surface area contributed by atoms with Crippen LogP contribution in [0.1, 0.15) is 162 Å². The number of rotatable bonds is 29. The molecule has 0 aliphatic rings. The third-order valence-electron chi connectivity index (χ3n) is 7.57. The lowest BCUT2D eigenvalue weighted by atomic mass is 10.0. The van der Waals surface area contributed by atoms with Crippen molar-refractivity contribution in [1.82, 2.24) is 5.32 Å². The Bertz CT molecular complexity index is 712. The van der Waals surface area contributed by atoms with Gasteiger partial charge < -0.3 is 15.5 Å².